The number of hydrogen-bond acceptors (Lipinski definition) is 3. The van der Waals surface area contributed by atoms with Gasteiger partial charge in [-0.15, -0.1) is 0 Å². The number of amides is 1. The van der Waals surface area contributed by atoms with Crippen molar-refractivity contribution in [3.8, 4) is 0 Å². The summed E-state index contributed by atoms with van der Waals surface area (Å²) in [6.45, 7) is 3.46. The minimum absolute atomic E-state index is 0.0987. The molecule has 1 saturated heterocycles. The van der Waals surface area contributed by atoms with E-state index in [-0.39, 0.29) is 23.9 Å². The molecule has 90 valence electrons. The van der Waals surface area contributed by atoms with Crippen LogP contribution in [0.3, 0.4) is 0 Å². The average molecular weight is 233 g/mol. The third-order valence-corrected chi connectivity index (χ3v) is 2.82. The summed E-state index contributed by atoms with van der Waals surface area (Å²) >= 11 is 0. The summed E-state index contributed by atoms with van der Waals surface area (Å²) in [4.78, 5) is 22.0. The molecule has 1 aliphatic heterocycles. The zero-order valence-corrected chi connectivity index (χ0v) is 9.90. The first kappa shape index (κ1) is 11.6. The smallest absolute Gasteiger partial charge is 0.306 e. The standard InChI is InChI=1S/C13H15NO3/c1-8-7-12(16)17-13(8)10-3-5-11(6-4-10)14-9(2)15/h3-6,8,13H,7H2,1-2H3,(H,14,15). The maximum atomic E-state index is 11.2. The number of nitrogens with one attached hydrogen (secondary N) is 1. The van der Waals surface area contributed by atoms with E-state index in [4.69, 9.17) is 4.74 Å². The lowest BCUT2D eigenvalue weighted by atomic mass is 9.97. The van der Waals surface area contributed by atoms with Gasteiger partial charge in [-0.1, -0.05) is 19.1 Å². The van der Waals surface area contributed by atoms with Gasteiger partial charge in [0.1, 0.15) is 6.10 Å². The molecule has 2 rings (SSSR count). The minimum atomic E-state index is -0.158. The Bertz CT molecular complexity index is 438. The number of anilines is 1. The van der Waals surface area contributed by atoms with Gasteiger partial charge in [0.05, 0.1) is 6.42 Å². The van der Waals surface area contributed by atoms with Crippen LogP contribution in [0.5, 0.6) is 0 Å². The number of carbonyl (C=O) groups is 2. The van der Waals surface area contributed by atoms with E-state index in [2.05, 4.69) is 5.32 Å². The Morgan fingerprint density at radius 3 is 2.47 bits per heavy atom. The third-order valence-electron chi connectivity index (χ3n) is 2.82. The van der Waals surface area contributed by atoms with Crippen molar-refractivity contribution >= 4 is 17.6 Å². The summed E-state index contributed by atoms with van der Waals surface area (Å²) in [5.74, 6) is -0.0408. The second kappa shape index (κ2) is 4.57. The Hall–Kier alpha value is -1.84. The summed E-state index contributed by atoms with van der Waals surface area (Å²) in [5.41, 5.74) is 1.72. The summed E-state index contributed by atoms with van der Waals surface area (Å²) in [5, 5.41) is 2.70. The van der Waals surface area contributed by atoms with Crippen molar-refractivity contribution in [3.63, 3.8) is 0 Å². The average Bonchev–Trinajstić information content (AvgIpc) is 2.58. The van der Waals surface area contributed by atoms with Gasteiger partial charge >= 0.3 is 5.97 Å². The van der Waals surface area contributed by atoms with Crippen molar-refractivity contribution in [1.29, 1.82) is 0 Å². The van der Waals surface area contributed by atoms with Crippen molar-refractivity contribution in [1.82, 2.24) is 0 Å². The molecule has 1 fully saturated rings. The highest BCUT2D eigenvalue weighted by molar-refractivity contribution is 5.88. The molecule has 1 aromatic rings. The van der Waals surface area contributed by atoms with Crippen molar-refractivity contribution in [2.75, 3.05) is 5.32 Å². The zero-order chi connectivity index (χ0) is 12.4. The van der Waals surface area contributed by atoms with E-state index in [0.717, 1.165) is 11.3 Å². The summed E-state index contributed by atoms with van der Waals surface area (Å²) < 4.78 is 5.25. The van der Waals surface area contributed by atoms with Crippen LogP contribution < -0.4 is 5.32 Å². The highest BCUT2D eigenvalue weighted by Gasteiger charge is 2.32. The van der Waals surface area contributed by atoms with E-state index in [1.165, 1.54) is 6.92 Å². The topological polar surface area (TPSA) is 55.4 Å². The van der Waals surface area contributed by atoms with Crippen LogP contribution in [0.25, 0.3) is 0 Å². The van der Waals surface area contributed by atoms with Crippen LogP contribution in [0.15, 0.2) is 24.3 Å². The highest BCUT2D eigenvalue weighted by atomic mass is 16.5. The lowest BCUT2D eigenvalue weighted by Crippen LogP contribution is -2.07. The molecule has 1 aromatic carbocycles. The summed E-state index contributed by atoms with van der Waals surface area (Å²) in [6, 6.07) is 7.39. The third kappa shape index (κ3) is 2.64. The predicted molar refractivity (Wildman–Crippen MR) is 63.4 cm³/mol. The SMILES string of the molecule is CC(=O)Nc1ccc(C2OC(=O)CC2C)cc1. The van der Waals surface area contributed by atoms with Gasteiger partial charge in [0.2, 0.25) is 5.91 Å². The molecule has 4 heteroatoms. The number of rotatable bonds is 2. The normalized spacial score (nSPS) is 23.3. The van der Waals surface area contributed by atoms with Crippen LogP contribution in [0.4, 0.5) is 5.69 Å². The van der Waals surface area contributed by atoms with Crippen molar-refractivity contribution in [3.05, 3.63) is 29.8 Å². The van der Waals surface area contributed by atoms with Crippen LogP contribution in [0, 0.1) is 5.92 Å². The molecule has 17 heavy (non-hydrogen) atoms. The van der Waals surface area contributed by atoms with Crippen LogP contribution in [0.1, 0.15) is 31.9 Å². The molecule has 4 nitrogen and oxygen atoms in total. The van der Waals surface area contributed by atoms with E-state index in [0.29, 0.717) is 6.42 Å². The monoisotopic (exact) mass is 233 g/mol. The van der Waals surface area contributed by atoms with Crippen LogP contribution in [0.2, 0.25) is 0 Å². The fourth-order valence-corrected chi connectivity index (χ4v) is 2.03. The Morgan fingerprint density at radius 1 is 1.35 bits per heavy atom. The van der Waals surface area contributed by atoms with E-state index in [1.807, 2.05) is 31.2 Å². The van der Waals surface area contributed by atoms with Gasteiger partial charge in [0.15, 0.2) is 0 Å². The van der Waals surface area contributed by atoms with Crippen molar-refractivity contribution < 1.29 is 14.3 Å². The van der Waals surface area contributed by atoms with Gasteiger partial charge in [0.25, 0.3) is 0 Å². The number of benzene rings is 1. The molecule has 1 heterocycles. The van der Waals surface area contributed by atoms with E-state index >= 15 is 0 Å². The maximum Gasteiger partial charge on any atom is 0.306 e. The molecular formula is C13H15NO3. The lowest BCUT2D eigenvalue weighted by molar-refractivity contribution is -0.141. The highest BCUT2D eigenvalue weighted by Crippen LogP contribution is 2.35. The molecule has 0 bridgehead atoms. The molecule has 1 aliphatic rings. The van der Waals surface area contributed by atoms with Crippen molar-refractivity contribution in [2.24, 2.45) is 5.92 Å². The fraction of sp³-hybridized carbons (Fsp3) is 0.385. The first-order valence-electron chi connectivity index (χ1n) is 5.63. The van der Waals surface area contributed by atoms with Crippen molar-refractivity contribution in [2.45, 2.75) is 26.4 Å². The molecule has 0 radical (unpaired) electrons. The molecule has 2 atom stereocenters. The van der Waals surface area contributed by atoms with Gasteiger partial charge in [0, 0.05) is 18.5 Å². The zero-order valence-electron chi connectivity index (χ0n) is 9.90. The second-order valence-electron chi connectivity index (χ2n) is 4.40. The summed E-state index contributed by atoms with van der Waals surface area (Å²) in [7, 11) is 0. The molecule has 1 amide bonds. The van der Waals surface area contributed by atoms with E-state index in [1.54, 1.807) is 0 Å². The van der Waals surface area contributed by atoms with E-state index < -0.39 is 0 Å². The van der Waals surface area contributed by atoms with Crippen LogP contribution in [-0.4, -0.2) is 11.9 Å². The Kier molecular flexibility index (Phi) is 3.13. The van der Waals surface area contributed by atoms with Gasteiger partial charge in [-0.3, -0.25) is 9.59 Å². The van der Waals surface area contributed by atoms with Crippen LogP contribution >= 0.6 is 0 Å². The van der Waals surface area contributed by atoms with Gasteiger partial charge in [-0.05, 0) is 17.7 Å². The molecule has 1 N–H and O–H groups in total. The summed E-state index contributed by atoms with van der Waals surface area (Å²) in [6.07, 6.45) is 0.312. The van der Waals surface area contributed by atoms with Crippen LogP contribution in [-0.2, 0) is 14.3 Å². The van der Waals surface area contributed by atoms with Gasteiger partial charge in [-0.25, -0.2) is 0 Å². The molecular weight excluding hydrogens is 218 g/mol. The first-order valence-corrected chi connectivity index (χ1v) is 5.63. The fourth-order valence-electron chi connectivity index (χ4n) is 2.03. The number of ether oxygens (including phenoxy) is 1. The number of hydrogen-bond donors (Lipinski definition) is 1. The maximum absolute atomic E-state index is 11.2. The quantitative estimate of drug-likeness (QED) is 0.797. The molecule has 0 spiro atoms. The molecule has 0 aromatic heterocycles. The number of cyclic esters (lactones) is 1. The first-order chi connectivity index (χ1) is 8.06. The Labute approximate surface area is 100.0 Å². The second-order valence-corrected chi connectivity index (χ2v) is 4.40. The minimum Gasteiger partial charge on any atom is -0.457 e. The number of esters is 1. The van der Waals surface area contributed by atoms with E-state index in [9.17, 15) is 9.59 Å². The van der Waals surface area contributed by atoms with Gasteiger partial charge < -0.3 is 10.1 Å². The largest absolute Gasteiger partial charge is 0.457 e. The Morgan fingerprint density at radius 2 is 2.00 bits per heavy atom. The molecule has 0 aliphatic carbocycles. The number of carbonyl (C=O) groups excluding carboxylic acids is 2. The predicted octanol–water partition coefficient (Wildman–Crippen LogP) is 2.27. The molecule has 0 saturated carbocycles. The Balaban J connectivity index is 2.12. The lowest BCUT2D eigenvalue weighted by Gasteiger charge is -2.14. The molecule has 2 unspecified atom stereocenters. The van der Waals surface area contributed by atoms with Gasteiger partial charge in [-0.2, -0.15) is 0 Å².